The molecule has 164 valence electrons. The van der Waals surface area contributed by atoms with Crippen molar-refractivity contribution in [2.45, 2.75) is 0 Å². The molecule has 5 aromatic carbocycles. The van der Waals surface area contributed by atoms with Crippen molar-refractivity contribution in [3.05, 3.63) is 125 Å². The first-order chi connectivity index (χ1) is 16.7. The van der Waals surface area contributed by atoms with Crippen molar-refractivity contribution >= 4 is 52.1 Å². The zero-order valence-corrected chi connectivity index (χ0v) is 18.9. The van der Waals surface area contributed by atoms with Gasteiger partial charge in [-0.15, -0.1) is 0 Å². The van der Waals surface area contributed by atoms with E-state index in [2.05, 4.69) is 60.7 Å². The Labute approximate surface area is 199 Å². The van der Waals surface area contributed by atoms with Crippen LogP contribution in [0.2, 0.25) is 0 Å². The van der Waals surface area contributed by atoms with E-state index in [4.69, 9.17) is 4.74 Å². The van der Waals surface area contributed by atoms with Crippen LogP contribution in [0.3, 0.4) is 0 Å². The monoisotopic (exact) mass is 440 g/mol. The van der Waals surface area contributed by atoms with Gasteiger partial charge in [-0.05, 0) is 62.5 Å². The van der Waals surface area contributed by atoms with Crippen molar-refractivity contribution in [3.63, 3.8) is 0 Å². The Morgan fingerprint density at radius 2 is 1.06 bits per heavy atom. The van der Waals surface area contributed by atoms with Crippen molar-refractivity contribution in [2.24, 2.45) is 0 Å². The number of benzene rings is 5. The minimum Gasteiger partial charge on any atom is -0.496 e. The molecule has 0 aromatic heterocycles. The number of hydrogen-bond donors (Lipinski definition) is 0. The summed E-state index contributed by atoms with van der Waals surface area (Å²) in [6, 6.07) is 33.1. The molecule has 0 fully saturated rings. The SMILES string of the molecule is COc1cc(C=Cc2ccc3ccccc3c2)c(C=O)cc1C=Cc1ccc2ccccc2c1. The Morgan fingerprint density at radius 3 is 1.59 bits per heavy atom. The molecule has 0 aliphatic carbocycles. The highest BCUT2D eigenvalue weighted by Gasteiger charge is 2.07. The van der Waals surface area contributed by atoms with Crippen molar-refractivity contribution in [1.82, 2.24) is 0 Å². The molecule has 0 saturated heterocycles. The van der Waals surface area contributed by atoms with Crippen LogP contribution < -0.4 is 4.74 Å². The van der Waals surface area contributed by atoms with E-state index in [1.54, 1.807) is 7.11 Å². The van der Waals surface area contributed by atoms with Gasteiger partial charge in [-0.1, -0.05) is 97.1 Å². The number of hydrogen-bond acceptors (Lipinski definition) is 2. The Kier molecular flexibility index (Phi) is 6.05. The quantitative estimate of drug-likeness (QED) is 0.197. The van der Waals surface area contributed by atoms with Crippen LogP contribution in [-0.2, 0) is 0 Å². The average molecular weight is 441 g/mol. The third-order valence-corrected chi connectivity index (χ3v) is 6.02. The topological polar surface area (TPSA) is 26.3 Å². The zero-order valence-electron chi connectivity index (χ0n) is 18.9. The molecule has 2 heteroatoms. The highest BCUT2D eigenvalue weighted by molar-refractivity contribution is 5.91. The van der Waals surface area contributed by atoms with Gasteiger partial charge < -0.3 is 4.74 Å². The van der Waals surface area contributed by atoms with Gasteiger partial charge in [0, 0.05) is 11.1 Å². The highest BCUT2D eigenvalue weighted by Crippen LogP contribution is 2.27. The molecular formula is C32H24O2. The number of ether oxygens (including phenoxy) is 1. The van der Waals surface area contributed by atoms with E-state index in [1.165, 1.54) is 21.5 Å². The molecule has 0 N–H and O–H groups in total. The van der Waals surface area contributed by atoms with Crippen LogP contribution in [0, 0.1) is 0 Å². The molecule has 0 bridgehead atoms. The molecule has 5 rings (SSSR count). The normalized spacial score (nSPS) is 11.6. The molecule has 0 aliphatic heterocycles. The Bertz CT molecular complexity index is 1560. The highest BCUT2D eigenvalue weighted by atomic mass is 16.5. The Morgan fingerprint density at radius 1 is 0.529 bits per heavy atom. The van der Waals surface area contributed by atoms with Crippen LogP contribution in [0.25, 0.3) is 45.8 Å². The molecule has 0 amide bonds. The number of fused-ring (bicyclic) bond motifs is 2. The second-order valence-corrected chi connectivity index (χ2v) is 8.22. The molecule has 0 aliphatic rings. The maximum absolute atomic E-state index is 11.9. The zero-order chi connectivity index (χ0) is 23.3. The lowest BCUT2D eigenvalue weighted by atomic mass is 10.0. The third-order valence-electron chi connectivity index (χ3n) is 6.02. The van der Waals surface area contributed by atoms with Crippen LogP contribution in [-0.4, -0.2) is 13.4 Å². The molecule has 0 atom stereocenters. The minimum absolute atomic E-state index is 0.621. The van der Waals surface area contributed by atoms with E-state index >= 15 is 0 Å². The van der Waals surface area contributed by atoms with Crippen LogP contribution in [0.4, 0.5) is 0 Å². The fraction of sp³-hybridized carbons (Fsp3) is 0.0312. The summed E-state index contributed by atoms with van der Waals surface area (Å²) in [5.74, 6) is 0.723. The van der Waals surface area contributed by atoms with Crippen LogP contribution in [0.1, 0.15) is 32.6 Å². The maximum atomic E-state index is 11.9. The van der Waals surface area contributed by atoms with E-state index in [0.29, 0.717) is 5.56 Å². The standard InChI is InChI=1S/C32H24O2/c1-34-32-21-29(16-12-23-10-14-25-6-2-4-8-27(25)18-23)31(22-33)20-30(32)17-13-24-11-15-26-7-3-5-9-28(26)19-24/h2-22H,1H3. The number of carbonyl (C=O) groups excluding carboxylic acids is 1. The van der Waals surface area contributed by atoms with E-state index < -0.39 is 0 Å². The Balaban J connectivity index is 1.45. The van der Waals surface area contributed by atoms with E-state index in [9.17, 15) is 4.79 Å². The van der Waals surface area contributed by atoms with Gasteiger partial charge in [-0.2, -0.15) is 0 Å². The predicted molar refractivity (Wildman–Crippen MR) is 144 cm³/mol. The second kappa shape index (κ2) is 9.60. The summed E-state index contributed by atoms with van der Waals surface area (Å²) in [5.41, 5.74) is 4.47. The summed E-state index contributed by atoms with van der Waals surface area (Å²) in [4.78, 5) is 11.9. The van der Waals surface area contributed by atoms with Crippen LogP contribution in [0.15, 0.2) is 97.1 Å². The summed E-state index contributed by atoms with van der Waals surface area (Å²) in [6.07, 6.45) is 8.93. The molecule has 0 spiro atoms. The van der Waals surface area contributed by atoms with Crippen molar-refractivity contribution in [3.8, 4) is 5.75 Å². The average Bonchev–Trinajstić information content (AvgIpc) is 2.90. The number of carbonyl (C=O) groups is 1. The van der Waals surface area contributed by atoms with Gasteiger partial charge in [-0.3, -0.25) is 4.79 Å². The summed E-state index contributed by atoms with van der Waals surface area (Å²) in [6.45, 7) is 0. The van der Waals surface area contributed by atoms with E-state index in [-0.39, 0.29) is 0 Å². The largest absolute Gasteiger partial charge is 0.496 e. The van der Waals surface area contributed by atoms with E-state index in [0.717, 1.165) is 34.3 Å². The summed E-state index contributed by atoms with van der Waals surface area (Å²) < 4.78 is 5.65. The molecule has 0 saturated carbocycles. The number of aldehydes is 1. The molecular weight excluding hydrogens is 416 g/mol. The fourth-order valence-electron chi connectivity index (χ4n) is 4.18. The van der Waals surface area contributed by atoms with Gasteiger partial charge in [0.15, 0.2) is 6.29 Å². The van der Waals surface area contributed by atoms with Gasteiger partial charge in [-0.25, -0.2) is 0 Å². The van der Waals surface area contributed by atoms with Crippen molar-refractivity contribution in [2.75, 3.05) is 7.11 Å². The summed E-state index contributed by atoms with van der Waals surface area (Å²) in [7, 11) is 1.65. The van der Waals surface area contributed by atoms with Crippen molar-refractivity contribution < 1.29 is 9.53 Å². The summed E-state index contributed by atoms with van der Waals surface area (Å²) in [5, 5.41) is 4.80. The third kappa shape index (κ3) is 4.53. The molecule has 5 aromatic rings. The first-order valence-electron chi connectivity index (χ1n) is 11.2. The van der Waals surface area contributed by atoms with Crippen molar-refractivity contribution in [1.29, 1.82) is 0 Å². The smallest absolute Gasteiger partial charge is 0.150 e. The maximum Gasteiger partial charge on any atom is 0.150 e. The predicted octanol–water partition coefficient (Wildman–Crippen LogP) is 8.15. The van der Waals surface area contributed by atoms with Crippen LogP contribution in [0.5, 0.6) is 5.75 Å². The molecule has 2 nitrogen and oxygen atoms in total. The van der Waals surface area contributed by atoms with Gasteiger partial charge in [0.05, 0.1) is 7.11 Å². The first kappa shape index (κ1) is 21.4. The first-order valence-corrected chi connectivity index (χ1v) is 11.2. The fourth-order valence-corrected chi connectivity index (χ4v) is 4.18. The van der Waals surface area contributed by atoms with Gasteiger partial charge >= 0.3 is 0 Å². The molecule has 34 heavy (non-hydrogen) atoms. The summed E-state index contributed by atoms with van der Waals surface area (Å²) >= 11 is 0. The number of methoxy groups -OCH3 is 1. The van der Waals surface area contributed by atoms with E-state index in [1.807, 2.05) is 60.7 Å². The van der Waals surface area contributed by atoms with Gasteiger partial charge in [0.1, 0.15) is 5.75 Å². The molecule has 0 radical (unpaired) electrons. The van der Waals surface area contributed by atoms with Gasteiger partial charge in [0.2, 0.25) is 0 Å². The number of rotatable bonds is 6. The molecule has 0 unspecified atom stereocenters. The lowest BCUT2D eigenvalue weighted by Gasteiger charge is -2.09. The Hall–Kier alpha value is -4.43. The van der Waals surface area contributed by atoms with Crippen LogP contribution >= 0.6 is 0 Å². The molecule has 0 heterocycles. The minimum atomic E-state index is 0.621. The lowest BCUT2D eigenvalue weighted by molar-refractivity contribution is 0.112. The van der Waals surface area contributed by atoms with Gasteiger partial charge in [0.25, 0.3) is 0 Å². The second-order valence-electron chi connectivity index (χ2n) is 8.22. The lowest BCUT2D eigenvalue weighted by Crippen LogP contribution is -1.93.